The minimum atomic E-state index is 0.198. The first-order valence-electron chi connectivity index (χ1n) is 7.46. The van der Waals surface area contributed by atoms with Crippen molar-refractivity contribution in [3.8, 4) is 0 Å². The SMILES string of the molecule is CCc1cc(N2CCC3(CC2)CNC(=O)C3)nc(C)n1. The molecule has 5 nitrogen and oxygen atoms in total. The Kier molecular flexibility index (Phi) is 3.36. The Morgan fingerprint density at radius 3 is 2.70 bits per heavy atom. The molecule has 2 saturated heterocycles. The number of carbonyl (C=O) groups is 1. The fraction of sp³-hybridized carbons (Fsp3) is 0.667. The molecular formula is C15H22N4O. The van der Waals surface area contributed by atoms with Crippen LogP contribution in [0.15, 0.2) is 6.07 Å². The van der Waals surface area contributed by atoms with Crippen LogP contribution in [-0.4, -0.2) is 35.5 Å². The standard InChI is InChI=1S/C15H22N4O/c1-3-12-8-13(18-11(2)17-12)19-6-4-15(5-7-19)9-14(20)16-10-15/h8H,3-7,9-10H2,1-2H3,(H,16,20). The Hall–Kier alpha value is -1.65. The molecule has 1 spiro atoms. The average molecular weight is 274 g/mol. The molecule has 2 aliphatic heterocycles. The molecule has 0 bridgehead atoms. The molecule has 0 saturated carbocycles. The quantitative estimate of drug-likeness (QED) is 0.887. The maximum atomic E-state index is 11.5. The number of hydrogen-bond donors (Lipinski definition) is 1. The number of aromatic nitrogens is 2. The lowest BCUT2D eigenvalue weighted by Gasteiger charge is -2.38. The predicted octanol–water partition coefficient (Wildman–Crippen LogP) is 1.45. The first-order valence-corrected chi connectivity index (χ1v) is 7.46. The molecular weight excluding hydrogens is 252 g/mol. The summed E-state index contributed by atoms with van der Waals surface area (Å²) in [5.74, 6) is 2.10. The van der Waals surface area contributed by atoms with E-state index in [1.807, 2.05) is 6.92 Å². The topological polar surface area (TPSA) is 58.1 Å². The third-order valence-corrected chi connectivity index (χ3v) is 4.58. The zero-order chi connectivity index (χ0) is 14.2. The summed E-state index contributed by atoms with van der Waals surface area (Å²) >= 11 is 0. The number of nitrogens with one attached hydrogen (secondary N) is 1. The number of piperidine rings is 1. The smallest absolute Gasteiger partial charge is 0.220 e. The molecule has 0 aromatic carbocycles. The number of nitrogens with zero attached hydrogens (tertiary/aromatic N) is 3. The number of hydrogen-bond acceptors (Lipinski definition) is 4. The van der Waals surface area contributed by atoms with Crippen LogP contribution in [0.5, 0.6) is 0 Å². The van der Waals surface area contributed by atoms with E-state index >= 15 is 0 Å². The second-order valence-corrected chi connectivity index (χ2v) is 6.06. The molecule has 0 atom stereocenters. The molecule has 0 aliphatic carbocycles. The normalized spacial score (nSPS) is 21.3. The van der Waals surface area contributed by atoms with Gasteiger partial charge >= 0.3 is 0 Å². The van der Waals surface area contributed by atoms with Crippen molar-refractivity contribution in [1.82, 2.24) is 15.3 Å². The fourth-order valence-electron chi connectivity index (χ4n) is 3.27. The van der Waals surface area contributed by atoms with Crippen LogP contribution >= 0.6 is 0 Å². The van der Waals surface area contributed by atoms with Crippen molar-refractivity contribution in [2.75, 3.05) is 24.5 Å². The third kappa shape index (κ3) is 2.49. The summed E-state index contributed by atoms with van der Waals surface area (Å²) in [4.78, 5) is 22.8. The molecule has 20 heavy (non-hydrogen) atoms. The van der Waals surface area contributed by atoms with Crippen molar-refractivity contribution >= 4 is 11.7 Å². The van der Waals surface area contributed by atoms with E-state index in [9.17, 15) is 4.79 Å². The number of carbonyl (C=O) groups excluding carboxylic acids is 1. The number of amides is 1. The van der Waals surface area contributed by atoms with Gasteiger partial charge in [0.2, 0.25) is 5.91 Å². The lowest BCUT2D eigenvalue weighted by Crippen LogP contribution is -2.41. The molecule has 3 rings (SSSR count). The Labute approximate surface area is 119 Å². The lowest BCUT2D eigenvalue weighted by molar-refractivity contribution is -0.119. The summed E-state index contributed by atoms with van der Waals surface area (Å²) in [6.07, 6.45) is 3.77. The molecule has 108 valence electrons. The molecule has 2 aliphatic rings. The first kappa shape index (κ1) is 13.3. The lowest BCUT2D eigenvalue weighted by atomic mass is 9.77. The molecule has 0 unspecified atom stereocenters. The van der Waals surface area contributed by atoms with Gasteiger partial charge in [-0.15, -0.1) is 0 Å². The van der Waals surface area contributed by atoms with Gasteiger partial charge in [-0.2, -0.15) is 0 Å². The zero-order valence-electron chi connectivity index (χ0n) is 12.3. The minimum Gasteiger partial charge on any atom is -0.356 e. The Bertz CT molecular complexity index is 521. The highest BCUT2D eigenvalue weighted by molar-refractivity contribution is 5.79. The van der Waals surface area contributed by atoms with Gasteiger partial charge in [-0.25, -0.2) is 9.97 Å². The van der Waals surface area contributed by atoms with Crippen molar-refractivity contribution in [3.63, 3.8) is 0 Å². The summed E-state index contributed by atoms with van der Waals surface area (Å²) in [5, 5.41) is 2.98. The summed E-state index contributed by atoms with van der Waals surface area (Å²) in [5.41, 5.74) is 1.30. The van der Waals surface area contributed by atoms with Crippen molar-refractivity contribution in [3.05, 3.63) is 17.6 Å². The monoisotopic (exact) mass is 274 g/mol. The first-order chi connectivity index (χ1) is 9.60. The van der Waals surface area contributed by atoms with Crippen molar-refractivity contribution < 1.29 is 4.79 Å². The second kappa shape index (κ2) is 5.04. The van der Waals surface area contributed by atoms with E-state index in [0.717, 1.165) is 56.2 Å². The van der Waals surface area contributed by atoms with E-state index in [4.69, 9.17) is 0 Å². The third-order valence-electron chi connectivity index (χ3n) is 4.58. The van der Waals surface area contributed by atoms with Crippen LogP contribution in [0.2, 0.25) is 0 Å². The number of anilines is 1. The summed E-state index contributed by atoms with van der Waals surface area (Å²) < 4.78 is 0. The molecule has 5 heteroatoms. The molecule has 0 radical (unpaired) electrons. The molecule has 1 aromatic rings. The van der Waals surface area contributed by atoms with Crippen LogP contribution in [0.4, 0.5) is 5.82 Å². The molecule has 3 heterocycles. The van der Waals surface area contributed by atoms with Crippen LogP contribution < -0.4 is 10.2 Å². The zero-order valence-corrected chi connectivity index (χ0v) is 12.3. The second-order valence-electron chi connectivity index (χ2n) is 6.06. The Morgan fingerprint density at radius 1 is 1.35 bits per heavy atom. The van der Waals surface area contributed by atoms with Crippen LogP contribution in [-0.2, 0) is 11.2 Å². The van der Waals surface area contributed by atoms with Crippen LogP contribution in [0.1, 0.15) is 37.7 Å². The largest absolute Gasteiger partial charge is 0.356 e. The predicted molar refractivity (Wildman–Crippen MR) is 77.7 cm³/mol. The van der Waals surface area contributed by atoms with Crippen molar-refractivity contribution in [2.24, 2.45) is 5.41 Å². The van der Waals surface area contributed by atoms with E-state index in [1.54, 1.807) is 0 Å². The van der Waals surface area contributed by atoms with E-state index in [0.29, 0.717) is 6.42 Å². The fourth-order valence-corrected chi connectivity index (χ4v) is 3.27. The van der Waals surface area contributed by atoms with Crippen LogP contribution in [0.3, 0.4) is 0 Å². The van der Waals surface area contributed by atoms with Gasteiger partial charge in [0.05, 0.1) is 0 Å². The van der Waals surface area contributed by atoms with Gasteiger partial charge in [0.1, 0.15) is 11.6 Å². The van der Waals surface area contributed by atoms with Gasteiger partial charge < -0.3 is 10.2 Å². The maximum absolute atomic E-state index is 11.5. The molecule has 1 N–H and O–H groups in total. The van der Waals surface area contributed by atoms with Crippen molar-refractivity contribution in [1.29, 1.82) is 0 Å². The van der Waals surface area contributed by atoms with Gasteiger partial charge in [-0.1, -0.05) is 6.92 Å². The number of rotatable bonds is 2. The maximum Gasteiger partial charge on any atom is 0.220 e. The highest BCUT2D eigenvalue weighted by atomic mass is 16.1. The van der Waals surface area contributed by atoms with Gasteiger partial charge in [0.15, 0.2) is 0 Å². The van der Waals surface area contributed by atoms with Gasteiger partial charge in [-0.3, -0.25) is 4.79 Å². The Balaban J connectivity index is 1.72. The van der Waals surface area contributed by atoms with E-state index in [-0.39, 0.29) is 11.3 Å². The van der Waals surface area contributed by atoms with Crippen LogP contribution in [0.25, 0.3) is 0 Å². The van der Waals surface area contributed by atoms with Gasteiger partial charge in [0.25, 0.3) is 0 Å². The van der Waals surface area contributed by atoms with E-state index in [2.05, 4.69) is 33.2 Å². The van der Waals surface area contributed by atoms with E-state index in [1.165, 1.54) is 0 Å². The van der Waals surface area contributed by atoms with E-state index < -0.39 is 0 Å². The highest BCUT2D eigenvalue weighted by Crippen LogP contribution is 2.38. The summed E-state index contributed by atoms with van der Waals surface area (Å²) in [6.45, 7) is 6.88. The van der Waals surface area contributed by atoms with Gasteiger partial charge in [-0.05, 0) is 31.6 Å². The number of aryl methyl sites for hydroxylation is 2. The van der Waals surface area contributed by atoms with Crippen molar-refractivity contribution in [2.45, 2.75) is 39.5 Å². The summed E-state index contributed by atoms with van der Waals surface area (Å²) in [6, 6.07) is 2.10. The van der Waals surface area contributed by atoms with Gasteiger partial charge in [0, 0.05) is 37.8 Å². The highest BCUT2D eigenvalue weighted by Gasteiger charge is 2.41. The molecule has 2 fully saturated rings. The minimum absolute atomic E-state index is 0.198. The van der Waals surface area contributed by atoms with Crippen LogP contribution in [0, 0.1) is 12.3 Å². The Morgan fingerprint density at radius 2 is 2.10 bits per heavy atom. The molecule has 1 aromatic heterocycles. The molecule has 1 amide bonds. The summed E-state index contributed by atoms with van der Waals surface area (Å²) in [7, 11) is 0. The average Bonchev–Trinajstić information content (AvgIpc) is 2.80.